The Morgan fingerprint density at radius 1 is 0.241 bits per heavy atom. The number of fused-ring (bicyclic) bond motifs is 4. The zero-order valence-electron chi connectivity index (χ0n) is 29.4. The number of aromatic nitrogens is 3. The van der Waals surface area contributed by atoms with Gasteiger partial charge in [0.2, 0.25) is 0 Å². The van der Waals surface area contributed by atoms with Gasteiger partial charge in [-0.25, -0.2) is 15.0 Å². The Morgan fingerprint density at radius 2 is 0.778 bits per heavy atom. The van der Waals surface area contributed by atoms with Gasteiger partial charge in [0.15, 0.2) is 17.5 Å². The molecule has 1 aromatic heterocycles. The van der Waals surface area contributed by atoms with Gasteiger partial charge in [0, 0.05) is 16.7 Å². The minimum absolute atomic E-state index is 0.627. The van der Waals surface area contributed by atoms with Crippen LogP contribution in [0.1, 0.15) is 0 Å². The normalized spacial score (nSPS) is 11.3. The highest BCUT2D eigenvalue weighted by atomic mass is 15.0. The van der Waals surface area contributed by atoms with E-state index in [0.717, 1.165) is 55.1 Å². The lowest BCUT2D eigenvalue weighted by atomic mass is 9.93. The minimum Gasteiger partial charge on any atom is -0.208 e. The van der Waals surface area contributed by atoms with Crippen LogP contribution in [0.4, 0.5) is 0 Å². The maximum atomic E-state index is 5.36. The minimum atomic E-state index is 0.627. The predicted octanol–water partition coefficient (Wildman–Crippen LogP) is 13.3. The Morgan fingerprint density at radius 3 is 1.56 bits per heavy atom. The van der Waals surface area contributed by atoms with Crippen molar-refractivity contribution in [1.29, 1.82) is 0 Å². The van der Waals surface area contributed by atoms with Gasteiger partial charge in [-0.3, -0.25) is 0 Å². The van der Waals surface area contributed by atoms with Gasteiger partial charge in [0.05, 0.1) is 0 Å². The van der Waals surface area contributed by atoms with Crippen molar-refractivity contribution in [2.45, 2.75) is 0 Å². The van der Waals surface area contributed by atoms with Gasteiger partial charge < -0.3 is 0 Å². The first-order valence-corrected chi connectivity index (χ1v) is 18.3. The summed E-state index contributed by atoms with van der Waals surface area (Å²) in [7, 11) is 0. The van der Waals surface area contributed by atoms with Gasteiger partial charge in [-0.1, -0.05) is 188 Å². The summed E-state index contributed by atoms with van der Waals surface area (Å²) in [6, 6.07) is 70.5. The summed E-state index contributed by atoms with van der Waals surface area (Å²) in [6.45, 7) is 0. The third kappa shape index (κ3) is 5.69. The van der Waals surface area contributed by atoms with Crippen LogP contribution in [0.2, 0.25) is 0 Å². The fourth-order valence-electron chi connectivity index (χ4n) is 7.67. The van der Waals surface area contributed by atoms with Crippen molar-refractivity contribution in [3.05, 3.63) is 200 Å². The molecule has 0 aliphatic carbocycles. The van der Waals surface area contributed by atoms with Crippen LogP contribution < -0.4 is 0 Å². The molecular formula is C51H33N3. The number of hydrogen-bond donors (Lipinski definition) is 0. The quantitative estimate of drug-likeness (QED) is 0.129. The van der Waals surface area contributed by atoms with Crippen molar-refractivity contribution in [2.75, 3.05) is 0 Å². The number of hydrogen-bond acceptors (Lipinski definition) is 3. The second-order valence-corrected chi connectivity index (χ2v) is 13.6. The molecule has 10 aromatic rings. The summed E-state index contributed by atoms with van der Waals surface area (Å²) >= 11 is 0. The molecule has 0 aliphatic heterocycles. The Kier molecular flexibility index (Phi) is 7.81. The summed E-state index contributed by atoms with van der Waals surface area (Å²) < 4.78 is 0. The van der Waals surface area contributed by atoms with E-state index in [1.54, 1.807) is 0 Å². The summed E-state index contributed by atoms with van der Waals surface area (Å²) in [5.41, 5.74) is 9.69. The highest BCUT2D eigenvalue weighted by Gasteiger charge is 2.20. The molecule has 0 unspecified atom stereocenters. The molecule has 3 heteroatoms. The Bertz CT molecular complexity index is 2970. The molecule has 0 fully saturated rings. The monoisotopic (exact) mass is 687 g/mol. The van der Waals surface area contributed by atoms with E-state index in [2.05, 4.69) is 188 Å². The molecule has 3 nitrogen and oxygen atoms in total. The van der Waals surface area contributed by atoms with Crippen LogP contribution >= 0.6 is 0 Å². The zero-order valence-corrected chi connectivity index (χ0v) is 29.4. The lowest BCUT2D eigenvalue weighted by molar-refractivity contribution is 1.08. The molecular weight excluding hydrogens is 655 g/mol. The van der Waals surface area contributed by atoms with Crippen molar-refractivity contribution in [2.24, 2.45) is 0 Å². The lowest BCUT2D eigenvalue weighted by Crippen LogP contribution is -2.02. The van der Waals surface area contributed by atoms with Gasteiger partial charge in [0.1, 0.15) is 0 Å². The molecule has 54 heavy (non-hydrogen) atoms. The van der Waals surface area contributed by atoms with Gasteiger partial charge in [-0.15, -0.1) is 0 Å². The molecule has 0 bridgehead atoms. The second kappa shape index (κ2) is 13.4. The summed E-state index contributed by atoms with van der Waals surface area (Å²) in [5, 5.41) is 6.94. The van der Waals surface area contributed by atoms with Crippen LogP contribution in [-0.2, 0) is 0 Å². The molecule has 1 heterocycles. The molecule has 0 N–H and O–H groups in total. The smallest absolute Gasteiger partial charge is 0.165 e. The highest BCUT2D eigenvalue weighted by molar-refractivity contribution is 6.19. The maximum Gasteiger partial charge on any atom is 0.165 e. The van der Waals surface area contributed by atoms with E-state index in [4.69, 9.17) is 15.0 Å². The van der Waals surface area contributed by atoms with Crippen molar-refractivity contribution < 1.29 is 0 Å². The molecule has 10 rings (SSSR count). The summed E-state index contributed by atoms with van der Waals surface area (Å²) in [4.78, 5) is 16.0. The Balaban J connectivity index is 1.20. The molecule has 252 valence electrons. The van der Waals surface area contributed by atoms with E-state index in [-0.39, 0.29) is 0 Å². The van der Waals surface area contributed by atoms with Crippen LogP contribution in [0.15, 0.2) is 200 Å². The average molecular weight is 688 g/mol. The maximum absolute atomic E-state index is 5.36. The van der Waals surface area contributed by atoms with Gasteiger partial charge in [-0.05, 0) is 77.8 Å². The fourth-order valence-corrected chi connectivity index (χ4v) is 7.67. The molecule has 0 saturated heterocycles. The molecule has 9 aromatic carbocycles. The van der Waals surface area contributed by atoms with E-state index >= 15 is 0 Å². The standard InChI is InChI=1S/C51H33N3/c1-3-14-34(15-4-1)35-26-28-36(29-27-35)39-20-13-21-41(32-39)49-52-50(46-25-12-11-22-42(46)37-16-5-2-6-17-37)54-51(53-49)48-44-24-10-8-19-40(44)33-47-43-23-9-7-18-38(43)30-31-45(47)48/h1-33H. The Hall–Kier alpha value is -7.23. The SMILES string of the molecule is c1ccc(-c2ccc(-c3cccc(-c4nc(-c5ccccc5-c5ccccc5)nc(-c5c6ccccc6cc6c5ccc5ccccc56)n4)c3)cc2)cc1. The average Bonchev–Trinajstić information content (AvgIpc) is 3.26. The first-order chi connectivity index (χ1) is 26.8. The molecule has 0 spiro atoms. The number of rotatable bonds is 6. The van der Waals surface area contributed by atoms with Crippen molar-refractivity contribution in [3.63, 3.8) is 0 Å². The molecule has 0 radical (unpaired) electrons. The van der Waals surface area contributed by atoms with Crippen LogP contribution in [0.3, 0.4) is 0 Å². The third-order valence-electron chi connectivity index (χ3n) is 10.3. The first kappa shape index (κ1) is 31.5. The van der Waals surface area contributed by atoms with Gasteiger partial charge in [-0.2, -0.15) is 0 Å². The summed E-state index contributed by atoms with van der Waals surface area (Å²) in [6.07, 6.45) is 0. The number of benzene rings is 9. The van der Waals surface area contributed by atoms with Crippen molar-refractivity contribution >= 4 is 32.3 Å². The van der Waals surface area contributed by atoms with E-state index in [0.29, 0.717) is 17.5 Å². The number of nitrogens with zero attached hydrogens (tertiary/aromatic N) is 3. The highest BCUT2D eigenvalue weighted by Crippen LogP contribution is 2.40. The van der Waals surface area contributed by atoms with E-state index < -0.39 is 0 Å². The van der Waals surface area contributed by atoms with Crippen LogP contribution in [0, 0.1) is 0 Å². The molecule has 0 aliphatic rings. The Labute approximate surface area is 313 Å². The van der Waals surface area contributed by atoms with Crippen LogP contribution in [0.25, 0.3) is 99.9 Å². The van der Waals surface area contributed by atoms with Gasteiger partial charge in [0.25, 0.3) is 0 Å². The topological polar surface area (TPSA) is 38.7 Å². The van der Waals surface area contributed by atoms with Gasteiger partial charge >= 0.3 is 0 Å². The van der Waals surface area contributed by atoms with Crippen LogP contribution in [0.5, 0.6) is 0 Å². The summed E-state index contributed by atoms with van der Waals surface area (Å²) in [5.74, 6) is 1.91. The zero-order chi connectivity index (χ0) is 35.8. The molecule has 0 saturated carbocycles. The fraction of sp³-hybridized carbons (Fsp3) is 0. The first-order valence-electron chi connectivity index (χ1n) is 18.3. The molecule has 0 atom stereocenters. The molecule has 0 amide bonds. The largest absolute Gasteiger partial charge is 0.208 e. The van der Waals surface area contributed by atoms with E-state index in [1.165, 1.54) is 27.3 Å². The second-order valence-electron chi connectivity index (χ2n) is 13.6. The van der Waals surface area contributed by atoms with E-state index in [9.17, 15) is 0 Å². The third-order valence-corrected chi connectivity index (χ3v) is 10.3. The lowest BCUT2D eigenvalue weighted by Gasteiger charge is -2.16. The van der Waals surface area contributed by atoms with Crippen molar-refractivity contribution in [1.82, 2.24) is 15.0 Å². The van der Waals surface area contributed by atoms with E-state index in [1.807, 2.05) is 12.1 Å². The van der Waals surface area contributed by atoms with Crippen LogP contribution in [-0.4, -0.2) is 15.0 Å². The predicted molar refractivity (Wildman–Crippen MR) is 225 cm³/mol. The van der Waals surface area contributed by atoms with Crippen molar-refractivity contribution in [3.8, 4) is 67.5 Å².